The number of rotatable bonds is 6. The molecule has 0 bridgehead atoms. The van der Waals surface area contributed by atoms with E-state index in [-0.39, 0.29) is 6.10 Å². The molecular formula is C24H24ClN7O2. The number of nitrogens with one attached hydrogen (secondary N) is 2. The van der Waals surface area contributed by atoms with E-state index >= 15 is 0 Å². The molecular weight excluding hydrogens is 454 g/mol. The number of aromatic amines is 1. The highest BCUT2D eigenvalue weighted by molar-refractivity contribution is 6.32. The summed E-state index contributed by atoms with van der Waals surface area (Å²) < 4.78 is 13.9. The van der Waals surface area contributed by atoms with Crippen LogP contribution in [0, 0.1) is 6.92 Å². The number of ether oxygens (including phenoxy) is 1. The van der Waals surface area contributed by atoms with Gasteiger partial charge in [-0.1, -0.05) is 17.7 Å². The monoisotopic (exact) mass is 477 g/mol. The van der Waals surface area contributed by atoms with Gasteiger partial charge in [0.1, 0.15) is 17.3 Å². The normalized spacial score (nSPS) is 14.4. The maximum atomic E-state index is 6.43. The number of oxazole rings is 1. The van der Waals surface area contributed by atoms with Crippen molar-refractivity contribution in [2.24, 2.45) is 0 Å². The highest BCUT2D eigenvalue weighted by Crippen LogP contribution is 2.38. The number of fused-ring (bicyclic) bond motifs is 2. The highest BCUT2D eigenvalue weighted by atomic mass is 35.5. The van der Waals surface area contributed by atoms with Crippen LogP contribution in [-0.4, -0.2) is 35.8 Å². The summed E-state index contributed by atoms with van der Waals surface area (Å²) in [5.74, 6) is 1.58. The molecule has 10 heteroatoms. The number of halogens is 1. The first kappa shape index (κ1) is 21.0. The largest absolute Gasteiger partial charge is 0.474 e. The Kier molecular flexibility index (Phi) is 5.13. The molecule has 0 unspecified atom stereocenters. The van der Waals surface area contributed by atoms with Crippen molar-refractivity contribution in [3.8, 4) is 17.0 Å². The Hall–Kier alpha value is -3.59. The quantitative estimate of drug-likeness (QED) is 0.308. The van der Waals surface area contributed by atoms with Crippen molar-refractivity contribution >= 4 is 45.4 Å². The Balaban J connectivity index is 1.45. The number of aryl methyl sites for hydroxylation is 2. The van der Waals surface area contributed by atoms with Crippen LogP contribution in [0.5, 0.6) is 5.88 Å². The number of nitrogens with zero attached hydrogens (tertiary/aromatic N) is 5. The lowest BCUT2D eigenvalue weighted by Crippen LogP contribution is -2.13. The summed E-state index contributed by atoms with van der Waals surface area (Å²) in [5.41, 5.74) is 4.81. The van der Waals surface area contributed by atoms with Crippen LogP contribution in [0.15, 0.2) is 35.0 Å². The van der Waals surface area contributed by atoms with E-state index in [1.165, 1.54) is 0 Å². The van der Waals surface area contributed by atoms with Gasteiger partial charge >= 0.3 is 0 Å². The van der Waals surface area contributed by atoms with Gasteiger partial charge in [-0.05, 0) is 50.3 Å². The van der Waals surface area contributed by atoms with Crippen LogP contribution in [-0.2, 0) is 6.54 Å². The molecule has 5 aromatic rings. The Morgan fingerprint density at radius 1 is 1.24 bits per heavy atom. The second-order valence-corrected chi connectivity index (χ2v) is 8.87. The van der Waals surface area contributed by atoms with E-state index in [9.17, 15) is 0 Å². The Labute approximate surface area is 200 Å². The minimum atomic E-state index is 0.138. The van der Waals surface area contributed by atoms with Crippen molar-refractivity contribution in [1.29, 1.82) is 0 Å². The maximum absolute atomic E-state index is 6.43. The molecule has 2 N–H and O–H groups in total. The predicted octanol–water partition coefficient (Wildman–Crippen LogP) is 6.01. The number of H-pyrrole nitrogens is 1. The van der Waals surface area contributed by atoms with E-state index in [1.807, 2.05) is 38.2 Å². The summed E-state index contributed by atoms with van der Waals surface area (Å²) in [4.78, 5) is 17.2. The predicted molar refractivity (Wildman–Crippen MR) is 131 cm³/mol. The van der Waals surface area contributed by atoms with Crippen molar-refractivity contribution in [2.75, 3.05) is 5.32 Å². The topological polar surface area (TPSA) is 107 Å². The molecule has 1 aliphatic rings. The van der Waals surface area contributed by atoms with E-state index < -0.39 is 0 Å². The van der Waals surface area contributed by atoms with E-state index in [4.69, 9.17) is 30.7 Å². The van der Waals surface area contributed by atoms with Crippen molar-refractivity contribution in [3.63, 3.8) is 0 Å². The van der Waals surface area contributed by atoms with Gasteiger partial charge in [-0.3, -0.25) is 4.68 Å². The van der Waals surface area contributed by atoms with Crippen LogP contribution in [0.4, 0.5) is 11.6 Å². The SMILES string of the molecule is CCn1ncc(Nc2nc(OC3CCCC3)c3c(-c4ccc5nc(C)oc5c4)c[nH]c3n2)c1Cl. The molecule has 34 heavy (non-hydrogen) atoms. The first-order chi connectivity index (χ1) is 16.6. The molecule has 0 saturated heterocycles. The second-order valence-electron chi connectivity index (χ2n) is 8.51. The lowest BCUT2D eigenvalue weighted by molar-refractivity contribution is 0.204. The zero-order chi connectivity index (χ0) is 23.2. The molecule has 1 aliphatic carbocycles. The zero-order valence-corrected chi connectivity index (χ0v) is 19.7. The number of hydrogen-bond donors (Lipinski definition) is 2. The fraction of sp³-hybridized carbons (Fsp3) is 0.333. The summed E-state index contributed by atoms with van der Waals surface area (Å²) in [7, 11) is 0. The number of anilines is 2. The third kappa shape index (κ3) is 3.66. The van der Waals surface area contributed by atoms with E-state index in [0.29, 0.717) is 40.8 Å². The molecule has 174 valence electrons. The Morgan fingerprint density at radius 3 is 2.88 bits per heavy atom. The third-order valence-electron chi connectivity index (χ3n) is 6.21. The highest BCUT2D eigenvalue weighted by Gasteiger charge is 2.23. The molecule has 1 aromatic carbocycles. The molecule has 4 aromatic heterocycles. The third-order valence-corrected chi connectivity index (χ3v) is 6.61. The van der Waals surface area contributed by atoms with Gasteiger partial charge < -0.3 is 19.5 Å². The van der Waals surface area contributed by atoms with Crippen LogP contribution in [0.25, 0.3) is 33.3 Å². The van der Waals surface area contributed by atoms with E-state index in [2.05, 4.69) is 20.4 Å². The lowest BCUT2D eigenvalue weighted by atomic mass is 10.1. The molecule has 0 atom stereocenters. The van der Waals surface area contributed by atoms with Gasteiger partial charge in [0, 0.05) is 25.2 Å². The standard InChI is InChI=1S/C24H24ClN7O2/c1-3-32-21(25)18(12-27-32)29-24-30-22-20(23(31-24)34-15-6-4-5-7-15)16(11-26-22)14-8-9-17-19(10-14)33-13(2)28-17/h8-12,15H,3-7H2,1-2H3,(H2,26,29,30,31). The average molecular weight is 478 g/mol. The molecule has 1 saturated carbocycles. The van der Waals surface area contributed by atoms with Crippen molar-refractivity contribution in [1.82, 2.24) is 29.7 Å². The van der Waals surface area contributed by atoms with Gasteiger partial charge in [0.05, 0.1) is 17.3 Å². The molecule has 0 aliphatic heterocycles. The van der Waals surface area contributed by atoms with Gasteiger partial charge in [0.2, 0.25) is 11.8 Å². The zero-order valence-electron chi connectivity index (χ0n) is 18.9. The van der Waals surface area contributed by atoms with E-state index in [1.54, 1.807) is 10.9 Å². The summed E-state index contributed by atoms with van der Waals surface area (Å²) in [6.45, 7) is 4.50. The minimum absolute atomic E-state index is 0.138. The Morgan fingerprint density at radius 2 is 2.09 bits per heavy atom. The van der Waals surface area contributed by atoms with Crippen molar-refractivity contribution in [3.05, 3.63) is 41.6 Å². The van der Waals surface area contributed by atoms with Crippen molar-refractivity contribution < 1.29 is 9.15 Å². The number of aromatic nitrogens is 6. The molecule has 9 nitrogen and oxygen atoms in total. The molecule has 4 heterocycles. The van der Waals surface area contributed by atoms with Crippen LogP contribution in [0.1, 0.15) is 38.5 Å². The lowest BCUT2D eigenvalue weighted by Gasteiger charge is -2.15. The summed E-state index contributed by atoms with van der Waals surface area (Å²) in [6, 6.07) is 5.97. The van der Waals surface area contributed by atoms with Gasteiger partial charge in [0.25, 0.3) is 0 Å². The van der Waals surface area contributed by atoms with Crippen LogP contribution < -0.4 is 10.1 Å². The second kappa shape index (κ2) is 8.32. The van der Waals surface area contributed by atoms with Gasteiger partial charge in [-0.25, -0.2) is 4.98 Å². The van der Waals surface area contributed by atoms with Gasteiger partial charge in [-0.2, -0.15) is 15.1 Å². The molecule has 6 rings (SSSR count). The maximum Gasteiger partial charge on any atom is 0.232 e. The Bertz CT molecular complexity index is 1500. The number of hydrogen-bond acceptors (Lipinski definition) is 7. The smallest absolute Gasteiger partial charge is 0.232 e. The fourth-order valence-corrected chi connectivity index (χ4v) is 4.79. The van der Waals surface area contributed by atoms with Gasteiger partial charge in [-0.15, -0.1) is 0 Å². The molecule has 0 spiro atoms. The average Bonchev–Trinajstić information content (AvgIpc) is 3.61. The van der Waals surface area contributed by atoms with E-state index in [0.717, 1.165) is 53.3 Å². The van der Waals surface area contributed by atoms with Crippen molar-refractivity contribution in [2.45, 2.75) is 52.2 Å². The first-order valence-corrected chi connectivity index (χ1v) is 11.9. The minimum Gasteiger partial charge on any atom is -0.474 e. The molecule has 0 radical (unpaired) electrons. The number of benzene rings is 1. The van der Waals surface area contributed by atoms with Gasteiger partial charge in [0.15, 0.2) is 16.6 Å². The molecule has 0 amide bonds. The fourth-order valence-electron chi connectivity index (χ4n) is 4.54. The first-order valence-electron chi connectivity index (χ1n) is 11.5. The molecule has 1 fully saturated rings. The van der Waals surface area contributed by atoms with Crippen LogP contribution in [0.3, 0.4) is 0 Å². The summed E-state index contributed by atoms with van der Waals surface area (Å²) in [6.07, 6.45) is 8.11. The van der Waals surface area contributed by atoms with Crippen LogP contribution >= 0.6 is 11.6 Å². The van der Waals surface area contributed by atoms with Crippen LogP contribution in [0.2, 0.25) is 5.15 Å². The summed E-state index contributed by atoms with van der Waals surface area (Å²) >= 11 is 6.43. The summed E-state index contributed by atoms with van der Waals surface area (Å²) in [5, 5.41) is 8.83.